The molecule has 0 heterocycles. The molecule has 0 saturated carbocycles. The van der Waals surface area contributed by atoms with E-state index in [0.29, 0.717) is 26.1 Å². The van der Waals surface area contributed by atoms with Crippen LogP contribution in [0.25, 0.3) is 0 Å². The summed E-state index contributed by atoms with van der Waals surface area (Å²) in [5.74, 6) is 0.254. The Balaban J connectivity index is 2.14. The Hall–Kier alpha value is -1.45. The zero-order valence-corrected chi connectivity index (χ0v) is 12.9. The maximum Gasteiger partial charge on any atom is 0.135 e. The Morgan fingerprint density at radius 2 is 2.00 bits per heavy atom. The van der Waals surface area contributed by atoms with Crippen molar-refractivity contribution in [1.82, 2.24) is 0 Å². The highest BCUT2D eigenvalue weighted by Crippen LogP contribution is 2.14. The van der Waals surface area contributed by atoms with Gasteiger partial charge in [0.15, 0.2) is 0 Å². The predicted molar refractivity (Wildman–Crippen MR) is 85.0 cm³/mol. The fraction of sp³-hybridized carbons (Fsp3) is 0.500. The molecule has 1 unspecified atom stereocenters. The van der Waals surface area contributed by atoms with Gasteiger partial charge in [0.2, 0.25) is 0 Å². The molecule has 1 atom stereocenters. The molecule has 1 aromatic carbocycles. The van der Waals surface area contributed by atoms with Crippen LogP contribution in [0.2, 0.25) is 0 Å². The largest absolute Gasteiger partial charge is 0.396 e. The average Bonchev–Trinajstić information content (AvgIpc) is 2.51. The number of hydrogen-bond donors (Lipinski definition) is 1. The monoisotopic (exact) mass is 290 g/mol. The van der Waals surface area contributed by atoms with Crippen molar-refractivity contribution in [3.8, 4) is 0 Å². The number of ether oxygens (including phenoxy) is 1. The van der Waals surface area contributed by atoms with Crippen LogP contribution in [0, 0.1) is 5.92 Å². The fourth-order valence-electron chi connectivity index (χ4n) is 2.04. The number of aliphatic hydroxyl groups is 1. The SMILES string of the molecule is C=C(CCC(C)C(=O)CCCO)COCc1ccccc1. The Bertz CT molecular complexity index is 425. The average molecular weight is 290 g/mol. The lowest BCUT2D eigenvalue weighted by Crippen LogP contribution is -2.12. The maximum atomic E-state index is 11.7. The molecule has 3 nitrogen and oxygen atoms in total. The van der Waals surface area contributed by atoms with Crippen molar-refractivity contribution in [2.45, 2.75) is 39.2 Å². The first-order chi connectivity index (χ1) is 10.1. The topological polar surface area (TPSA) is 46.5 Å². The number of Topliss-reactive ketones (excluding diaryl/α,β-unsaturated/α-hetero) is 1. The number of benzene rings is 1. The minimum absolute atomic E-state index is 0.0300. The van der Waals surface area contributed by atoms with E-state index in [-0.39, 0.29) is 18.3 Å². The van der Waals surface area contributed by atoms with Crippen molar-refractivity contribution in [3.63, 3.8) is 0 Å². The Kier molecular flexibility index (Phi) is 8.63. The second-order valence-electron chi connectivity index (χ2n) is 5.46. The number of carbonyl (C=O) groups is 1. The molecular weight excluding hydrogens is 264 g/mol. The Morgan fingerprint density at radius 1 is 1.29 bits per heavy atom. The maximum absolute atomic E-state index is 11.7. The van der Waals surface area contributed by atoms with Crippen LogP contribution < -0.4 is 0 Å². The van der Waals surface area contributed by atoms with Crippen molar-refractivity contribution in [3.05, 3.63) is 48.0 Å². The van der Waals surface area contributed by atoms with Crippen LogP contribution in [-0.2, 0) is 16.1 Å². The van der Waals surface area contributed by atoms with E-state index in [9.17, 15) is 4.79 Å². The van der Waals surface area contributed by atoms with Gasteiger partial charge in [-0.25, -0.2) is 0 Å². The third-order valence-corrected chi connectivity index (χ3v) is 3.48. The van der Waals surface area contributed by atoms with Gasteiger partial charge in [-0.1, -0.05) is 49.4 Å². The van der Waals surface area contributed by atoms with Crippen LogP contribution in [0.15, 0.2) is 42.5 Å². The first kappa shape index (κ1) is 17.6. The van der Waals surface area contributed by atoms with E-state index in [4.69, 9.17) is 9.84 Å². The number of hydrogen-bond acceptors (Lipinski definition) is 3. The first-order valence-electron chi connectivity index (χ1n) is 7.55. The fourth-order valence-corrected chi connectivity index (χ4v) is 2.04. The van der Waals surface area contributed by atoms with E-state index in [1.807, 2.05) is 37.3 Å². The van der Waals surface area contributed by atoms with Crippen LogP contribution in [0.5, 0.6) is 0 Å². The lowest BCUT2D eigenvalue weighted by Gasteiger charge is -2.12. The quantitative estimate of drug-likeness (QED) is 0.634. The van der Waals surface area contributed by atoms with E-state index >= 15 is 0 Å². The van der Waals surface area contributed by atoms with Crippen LogP contribution in [-0.4, -0.2) is 24.1 Å². The smallest absolute Gasteiger partial charge is 0.135 e. The molecule has 0 aromatic heterocycles. The second-order valence-corrected chi connectivity index (χ2v) is 5.46. The van der Waals surface area contributed by atoms with Crippen LogP contribution in [0.1, 0.15) is 38.2 Å². The van der Waals surface area contributed by atoms with Gasteiger partial charge in [-0.2, -0.15) is 0 Å². The molecule has 0 spiro atoms. The van der Waals surface area contributed by atoms with Crippen molar-refractivity contribution in [2.24, 2.45) is 5.92 Å². The molecule has 0 amide bonds. The second kappa shape index (κ2) is 10.3. The molecule has 0 bridgehead atoms. The van der Waals surface area contributed by atoms with Gasteiger partial charge in [0.25, 0.3) is 0 Å². The highest BCUT2D eigenvalue weighted by molar-refractivity contribution is 5.80. The lowest BCUT2D eigenvalue weighted by molar-refractivity contribution is -0.122. The van der Waals surface area contributed by atoms with E-state index in [2.05, 4.69) is 6.58 Å². The normalized spacial score (nSPS) is 12.1. The Morgan fingerprint density at radius 3 is 2.67 bits per heavy atom. The van der Waals surface area contributed by atoms with E-state index in [1.54, 1.807) is 0 Å². The van der Waals surface area contributed by atoms with Crippen LogP contribution in [0.3, 0.4) is 0 Å². The first-order valence-corrected chi connectivity index (χ1v) is 7.55. The Labute approximate surface area is 127 Å². The predicted octanol–water partition coefficient (Wildman–Crippen LogP) is 3.52. The van der Waals surface area contributed by atoms with Crippen molar-refractivity contribution < 1.29 is 14.6 Å². The molecule has 0 fully saturated rings. The molecule has 0 radical (unpaired) electrons. The van der Waals surface area contributed by atoms with Gasteiger partial charge in [-0.05, 0) is 24.8 Å². The van der Waals surface area contributed by atoms with Crippen LogP contribution in [0.4, 0.5) is 0 Å². The summed E-state index contributed by atoms with van der Waals surface area (Å²) in [5.41, 5.74) is 2.17. The van der Waals surface area contributed by atoms with Gasteiger partial charge < -0.3 is 9.84 Å². The standard InChI is InChI=1S/C18H26O3/c1-15(10-11-16(2)18(20)9-6-12-19)13-21-14-17-7-4-3-5-8-17/h3-5,7-8,16,19H,1,6,9-14H2,2H3. The summed E-state index contributed by atoms with van der Waals surface area (Å²) in [6, 6.07) is 10.0. The van der Waals surface area contributed by atoms with Gasteiger partial charge >= 0.3 is 0 Å². The number of aliphatic hydroxyl groups excluding tert-OH is 1. The molecule has 1 rings (SSSR count). The van der Waals surface area contributed by atoms with Gasteiger partial charge in [-0.3, -0.25) is 4.79 Å². The van der Waals surface area contributed by atoms with Gasteiger partial charge in [0.05, 0.1) is 13.2 Å². The summed E-state index contributed by atoms with van der Waals surface area (Å²) in [6.07, 6.45) is 2.64. The molecule has 0 aliphatic rings. The molecule has 0 aliphatic heterocycles. The lowest BCUT2D eigenvalue weighted by atomic mass is 9.95. The third-order valence-electron chi connectivity index (χ3n) is 3.48. The number of carbonyl (C=O) groups excluding carboxylic acids is 1. The molecule has 21 heavy (non-hydrogen) atoms. The molecule has 3 heteroatoms. The minimum atomic E-state index is 0.0300. The summed E-state index contributed by atoms with van der Waals surface area (Å²) < 4.78 is 5.62. The summed E-state index contributed by atoms with van der Waals surface area (Å²) in [6.45, 7) is 7.15. The number of rotatable bonds is 11. The molecule has 0 aliphatic carbocycles. The summed E-state index contributed by atoms with van der Waals surface area (Å²) in [4.78, 5) is 11.7. The van der Waals surface area contributed by atoms with Crippen LogP contribution >= 0.6 is 0 Å². The van der Waals surface area contributed by atoms with Crippen molar-refractivity contribution in [1.29, 1.82) is 0 Å². The molecule has 1 aromatic rings. The zero-order valence-electron chi connectivity index (χ0n) is 12.9. The van der Waals surface area contributed by atoms with E-state index in [0.717, 1.165) is 24.0 Å². The van der Waals surface area contributed by atoms with E-state index < -0.39 is 0 Å². The third kappa shape index (κ3) is 7.78. The summed E-state index contributed by atoms with van der Waals surface area (Å²) in [7, 11) is 0. The highest BCUT2D eigenvalue weighted by Gasteiger charge is 2.12. The molecule has 1 N–H and O–H groups in total. The van der Waals surface area contributed by atoms with Gasteiger partial charge in [0, 0.05) is 18.9 Å². The molecule has 116 valence electrons. The zero-order chi connectivity index (χ0) is 15.5. The number of ketones is 1. The molecular formula is C18H26O3. The van der Waals surface area contributed by atoms with Gasteiger partial charge in [-0.15, -0.1) is 0 Å². The minimum Gasteiger partial charge on any atom is -0.396 e. The van der Waals surface area contributed by atoms with Gasteiger partial charge in [0.1, 0.15) is 5.78 Å². The highest BCUT2D eigenvalue weighted by atomic mass is 16.5. The summed E-state index contributed by atoms with van der Waals surface area (Å²) >= 11 is 0. The van der Waals surface area contributed by atoms with E-state index in [1.165, 1.54) is 0 Å². The summed E-state index contributed by atoms with van der Waals surface area (Å²) in [5, 5.41) is 8.72. The van der Waals surface area contributed by atoms with Crippen molar-refractivity contribution in [2.75, 3.05) is 13.2 Å². The molecule has 0 saturated heterocycles. The van der Waals surface area contributed by atoms with Crippen molar-refractivity contribution >= 4 is 5.78 Å².